The summed E-state index contributed by atoms with van der Waals surface area (Å²) in [7, 11) is 0. The van der Waals surface area contributed by atoms with E-state index in [1.165, 1.54) is 33.3 Å². The van der Waals surface area contributed by atoms with Gasteiger partial charge in [-0.1, -0.05) is 42.0 Å². The van der Waals surface area contributed by atoms with Crippen LogP contribution in [0.4, 0.5) is 0 Å². The van der Waals surface area contributed by atoms with E-state index >= 15 is 0 Å². The maximum Gasteiger partial charge on any atom is 0.0843 e. The summed E-state index contributed by atoms with van der Waals surface area (Å²) in [4.78, 5) is 0. The maximum atomic E-state index is 10.6. The number of hydrogen-bond donors (Lipinski definition) is 2. The van der Waals surface area contributed by atoms with Gasteiger partial charge in [-0.05, 0) is 51.0 Å². The highest BCUT2D eigenvalue weighted by Gasteiger charge is 2.15. The van der Waals surface area contributed by atoms with E-state index in [-0.39, 0.29) is 6.04 Å². The molecule has 25 heavy (non-hydrogen) atoms. The van der Waals surface area contributed by atoms with Crippen LogP contribution in [-0.4, -0.2) is 22.3 Å². The zero-order valence-corrected chi connectivity index (χ0v) is 15.6. The minimum Gasteiger partial charge on any atom is -0.390 e. The van der Waals surface area contributed by atoms with Crippen LogP contribution in [-0.2, 0) is 6.54 Å². The lowest BCUT2D eigenvalue weighted by molar-refractivity contribution is 0.149. The third-order valence-electron chi connectivity index (χ3n) is 5.15. The third-order valence-corrected chi connectivity index (χ3v) is 5.15. The Balaban J connectivity index is 1.70. The fourth-order valence-electron chi connectivity index (χ4n) is 3.45. The first kappa shape index (κ1) is 17.7. The number of fused-ring (bicyclic) bond motifs is 1. The third kappa shape index (κ3) is 3.78. The zero-order valence-electron chi connectivity index (χ0n) is 15.6. The van der Waals surface area contributed by atoms with E-state index in [1.54, 1.807) is 0 Å². The number of nitrogens with one attached hydrogen (secondary N) is 1. The standard InChI is InChI=1S/C22H28N2O/c1-15-10-11-22-21(12-15)16(2)18(4)24(22)14-20(25)13-23-17(3)19-8-6-5-7-9-19/h5-12,17,20,23,25H,13-14H2,1-4H3. The molecule has 0 fully saturated rings. The highest BCUT2D eigenvalue weighted by molar-refractivity contribution is 5.85. The van der Waals surface area contributed by atoms with Gasteiger partial charge in [0.1, 0.15) is 0 Å². The zero-order chi connectivity index (χ0) is 18.0. The molecule has 3 nitrogen and oxygen atoms in total. The molecule has 0 aliphatic heterocycles. The van der Waals surface area contributed by atoms with Crippen LogP contribution in [0, 0.1) is 20.8 Å². The van der Waals surface area contributed by atoms with Gasteiger partial charge in [0.2, 0.25) is 0 Å². The second-order valence-electron chi connectivity index (χ2n) is 7.04. The molecule has 2 N–H and O–H groups in total. The van der Waals surface area contributed by atoms with E-state index in [2.05, 4.69) is 67.9 Å². The van der Waals surface area contributed by atoms with Crippen molar-refractivity contribution in [3.63, 3.8) is 0 Å². The molecule has 0 aliphatic rings. The summed E-state index contributed by atoms with van der Waals surface area (Å²) in [6, 6.07) is 17.1. The van der Waals surface area contributed by atoms with Crippen molar-refractivity contribution in [2.24, 2.45) is 0 Å². The van der Waals surface area contributed by atoms with Crippen molar-refractivity contribution in [1.29, 1.82) is 0 Å². The van der Waals surface area contributed by atoms with E-state index in [4.69, 9.17) is 0 Å². The Morgan fingerprint density at radius 1 is 1.04 bits per heavy atom. The van der Waals surface area contributed by atoms with Crippen molar-refractivity contribution in [2.45, 2.75) is 46.4 Å². The first-order chi connectivity index (χ1) is 12.0. The summed E-state index contributed by atoms with van der Waals surface area (Å²) in [5.74, 6) is 0. The van der Waals surface area contributed by atoms with Gasteiger partial charge < -0.3 is 15.0 Å². The van der Waals surface area contributed by atoms with Gasteiger partial charge in [0.25, 0.3) is 0 Å². The van der Waals surface area contributed by atoms with Gasteiger partial charge >= 0.3 is 0 Å². The van der Waals surface area contributed by atoms with Crippen molar-refractivity contribution < 1.29 is 5.11 Å². The molecule has 0 aliphatic carbocycles. The van der Waals surface area contributed by atoms with E-state index in [0.29, 0.717) is 13.1 Å². The molecule has 0 saturated heterocycles. The fraction of sp³-hybridized carbons (Fsp3) is 0.364. The Labute approximate surface area is 150 Å². The van der Waals surface area contributed by atoms with Crippen molar-refractivity contribution >= 4 is 10.9 Å². The minimum atomic E-state index is -0.429. The van der Waals surface area contributed by atoms with Gasteiger partial charge in [-0.15, -0.1) is 0 Å². The summed E-state index contributed by atoms with van der Waals surface area (Å²) >= 11 is 0. The number of benzene rings is 2. The first-order valence-corrected chi connectivity index (χ1v) is 9.00. The van der Waals surface area contributed by atoms with E-state index in [0.717, 1.165) is 0 Å². The lowest BCUT2D eigenvalue weighted by Crippen LogP contribution is -2.32. The molecule has 0 radical (unpaired) electrons. The topological polar surface area (TPSA) is 37.2 Å². The number of aromatic nitrogens is 1. The molecule has 0 saturated carbocycles. The Kier molecular flexibility index (Phi) is 5.26. The molecule has 1 aromatic heterocycles. The minimum absolute atomic E-state index is 0.225. The van der Waals surface area contributed by atoms with Crippen LogP contribution >= 0.6 is 0 Å². The lowest BCUT2D eigenvalue weighted by Gasteiger charge is -2.19. The van der Waals surface area contributed by atoms with Crippen molar-refractivity contribution in [3.8, 4) is 0 Å². The molecule has 132 valence electrons. The predicted octanol–water partition coefficient (Wildman–Crippen LogP) is 4.28. The van der Waals surface area contributed by atoms with E-state index < -0.39 is 6.10 Å². The molecular formula is C22H28N2O. The second kappa shape index (κ2) is 7.42. The number of aryl methyl sites for hydroxylation is 2. The van der Waals surface area contributed by atoms with Crippen molar-refractivity contribution in [1.82, 2.24) is 9.88 Å². The average molecular weight is 336 g/mol. The van der Waals surface area contributed by atoms with E-state index in [1.807, 2.05) is 18.2 Å². The SMILES string of the molecule is Cc1ccc2c(c1)c(C)c(C)n2CC(O)CNC(C)c1ccccc1. The van der Waals surface area contributed by atoms with Gasteiger partial charge in [-0.25, -0.2) is 0 Å². The van der Waals surface area contributed by atoms with Gasteiger partial charge in [0, 0.05) is 29.2 Å². The molecule has 0 spiro atoms. The number of aliphatic hydroxyl groups excluding tert-OH is 1. The van der Waals surface area contributed by atoms with Crippen LogP contribution < -0.4 is 5.32 Å². The van der Waals surface area contributed by atoms with Crippen LogP contribution in [0.5, 0.6) is 0 Å². The fourth-order valence-corrected chi connectivity index (χ4v) is 3.45. The smallest absolute Gasteiger partial charge is 0.0843 e. The van der Waals surface area contributed by atoms with Crippen molar-refractivity contribution in [3.05, 3.63) is 70.9 Å². The lowest BCUT2D eigenvalue weighted by atomic mass is 10.1. The summed E-state index contributed by atoms with van der Waals surface area (Å²) in [6.07, 6.45) is -0.429. The molecule has 0 bridgehead atoms. The molecule has 0 amide bonds. The summed E-state index contributed by atoms with van der Waals surface area (Å²) < 4.78 is 2.24. The Morgan fingerprint density at radius 2 is 1.76 bits per heavy atom. The largest absolute Gasteiger partial charge is 0.390 e. The molecule has 2 aromatic carbocycles. The second-order valence-corrected chi connectivity index (χ2v) is 7.04. The molecule has 3 rings (SSSR count). The quantitative estimate of drug-likeness (QED) is 0.705. The summed E-state index contributed by atoms with van der Waals surface area (Å²) in [5.41, 5.74) is 6.25. The number of aliphatic hydroxyl groups is 1. The van der Waals surface area contributed by atoms with Crippen LogP contribution in [0.25, 0.3) is 10.9 Å². The molecule has 3 heteroatoms. The monoisotopic (exact) mass is 336 g/mol. The number of rotatable bonds is 6. The molecule has 3 aromatic rings. The van der Waals surface area contributed by atoms with Crippen LogP contribution in [0.15, 0.2) is 48.5 Å². The first-order valence-electron chi connectivity index (χ1n) is 9.00. The van der Waals surface area contributed by atoms with Crippen LogP contribution in [0.1, 0.15) is 35.3 Å². The van der Waals surface area contributed by atoms with Gasteiger partial charge in [-0.3, -0.25) is 0 Å². The Hall–Kier alpha value is -2.10. The normalized spacial score (nSPS) is 14.0. The Morgan fingerprint density at radius 3 is 2.48 bits per heavy atom. The summed E-state index contributed by atoms with van der Waals surface area (Å²) in [5, 5.41) is 15.3. The molecule has 2 atom stereocenters. The molecular weight excluding hydrogens is 308 g/mol. The molecule has 2 unspecified atom stereocenters. The highest BCUT2D eigenvalue weighted by atomic mass is 16.3. The number of nitrogens with zero attached hydrogens (tertiary/aromatic N) is 1. The average Bonchev–Trinajstić information content (AvgIpc) is 2.85. The number of hydrogen-bond acceptors (Lipinski definition) is 2. The van der Waals surface area contributed by atoms with Gasteiger partial charge in [-0.2, -0.15) is 0 Å². The summed E-state index contributed by atoms with van der Waals surface area (Å²) in [6.45, 7) is 9.72. The van der Waals surface area contributed by atoms with Gasteiger partial charge in [0.15, 0.2) is 0 Å². The molecule has 1 heterocycles. The van der Waals surface area contributed by atoms with Gasteiger partial charge in [0.05, 0.1) is 12.6 Å². The Bertz CT molecular complexity index is 851. The van der Waals surface area contributed by atoms with Crippen molar-refractivity contribution in [2.75, 3.05) is 6.54 Å². The highest BCUT2D eigenvalue weighted by Crippen LogP contribution is 2.26. The maximum absolute atomic E-state index is 10.6. The van der Waals surface area contributed by atoms with Crippen LogP contribution in [0.2, 0.25) is 0 Å². The van der Waals surface area contributed by atoms with Crippen LogP contribution in [0.3, 0.4) is 0 Å². The predicted molar refractivity (Wildman–Crippen MR) is 105 cm³/mol. The van der Waals surface area contributed by atoms with E-state index in [9.17, 15) is 5.11 Å².